The lowest BCUT2D eigenvalue weighted by Crippen LogP contribution is -2.66. The Balaban J connectivity index is 1.24. The van der Waals surface area contributed by atoms with Crippen molar-refractivity contribution in [1.82, 2.24) is 0 Å². The van der Waals surface area contributed by atoms with Gasteiger partial charge in [-0.3, -0.25) is 4.79 Å². The van der Waals surface area contributed by atoms with Crippen molar-refractivity contribution >= 4 is 15.6 Å². The highest BCUT2D eigenvalue weighted by atomic mass is 32.2. The fourth-order valence-electron chi connectivity index (χ4n) is 10.1. The van der Waals surface area contributed by atoms with E-state index in [0.29, 0.717) is 37.0 Å². The lowest BCUT2D eigenvalue weighted by Gasteiger charge is -2.62. The maximum Gasteiger partial charge on any atom is 0.456 e. The zero-order valence-corrected chi connectivity index (χ0v) is 28.1. The Bertz CT molecular complexity index is 1440. The number of benzene rings is 1. The fourth-order valence-corrected chi connectivity index (χ4v) is 11.6. The first-order chi connectivity index (χ1) is 21.4. The Hall–Kier alpha value is -1.81. The highest BCUT2D eigenvalue weighted by Crippen LogP contribution is 2.72. The maximum absolute atomic E-state index is 15.0. The molecule has 0 aromatic heterocycles. The quantitative estimate of drug-likeness (QED) is 0.188. The molecule has 46 heavy (non-hydrogen) atoms. The Morgan fingerprint density at radius 3 is 2.24 bits per heavy atom. The van der Waals surface area contributed by atoms with E-state index in [1.54, 1.807) is 24.3 Å². The summed E-state index contributed by atoms with van der Waals surface area (Å²) in [5, 5.41) is 11.3. The summed E-state index contributed by atoms with van der Waals surface area (Å²) in [5.74, 6) is -5.45. The third-order valence-electron chi connectivity index (χ3n) is 12.8. The molecule has 0 heterocycles. The minimum Gasteiger partial charge on any atom is -0.383 e. The zero-order valence-electron chi connectivity index (χ0n) is 27.3. The molecule has 0 aliphatic heterocycles. The van der Waals surface area contributed by atoms with Crippen LogP contribution in [0.1, 0.15) is 109 Å². The van der Waals surface area contributed by atoms with Gasteiger partial charge in [-0.2, -0.15) is 22.0 Å². The van der Waals surface area contributed by atoms with Crippen LogP contribution in [0.2, 0.25) is 0 Å². The first kappa shape index (κ1) is 35.5. The van der Waals surface area contributed by atoms with Gasteiger partial charge in [0, 0.05) is 11.8 Å². The molecule has 3 saturated carbocycles. The Morgan fingerprint density at radius 1 is 0.913 bits per heavy atom. The van der Waals surface area contributed by atoms with E-state index in [1.165, 1.54) is 6.92 Å². The minimum absolute atomic E-state index is 0.0428. The smallest absolute Gasteiger partial charge is 0.383 e. The number of unbranched alkanes of at least 4 members (excludes halogenated alkanes) is 5. The van der Waals surface area contributed by atoms with Crippen molar-refractivity contribution < 1.29 is 40.3 Å². The fraction of sp³-hybridized carbons (Fsp3) is 0.750. The molecular formula is C36H49F5O4S. The number of carbonyl (C=O) groups excluding carboxylic acids is 1. The number of hydrogen-bond donors (Lipinski definition) is 1. The molecule has 1 N–H and O–H groups in total. The minimum atomic E-state index is -5.83. The lowest BCUT2D eigenvalue weighted by molar-refractivity contribution is -0.364. The van der Waals surface area contributed by atoms with E-state index in [0.717, 1.165) is 49.7 Å². The lowest BCUT2D eigenvalue weighted by atomic mass is 9.43. The molecule has 0 amide bonds. The molecular weight excluding hydrogens is 623 g/mol. The largest absolute Gasteiger partial charge is 0.456 e. The van der Waals surface area contributed by atoms with Crippen molar-refractivity contribution in [2.75, 3.05) is 5.75 Å². The van der Waals surface area contributed by atoms with Gasteiger partial charge in [0.15, 0.2) is 15.6 Å². The van der Waals surface area contributed by atoms with E-state index >= 15 is 8.78 Å². The van der Waals surface area contributed by atoms with Gasteiger partial charge in [0.1, 0.15) is 5.60 Å². The second-order valence-corrected chi connectivity index (χ2v) is 17.4. The molecule has 5 rings (SSSR count). The van der Waals surface area contributed by atoms with Crippen LogP contribution in [-0.2, 0) is 14.6 Å². The van der Waals surface area contributed by atoms with E-state index in [2.05, 4.69) is 6.92 Å². The van der Waals surface area contributed by atoms with Crippen LogP contribution in [0.25, 0.3) is 0 Å². The molecule has 4 aliphatic rings. The first-order valence-corrected chi connectivity index (χ1v) is 18.7. The summed E-state index contributed by atoms with van der Waals surface area (Å²) < 4.78 is 96.4. The van der Waals surface area contributed by atoms with Crippen molar-refractivity contribution in [2.45, 2.75) is 133 Å². The second-order valence-electron chi connectivity index (χ2n) is 15.3. The Kier molecular flexibility index (Phi) is 9.70. The molecule has 0 bridgehead atoms. The van der Waals surface area contributed by atoms with Gasteiger partial charge in [-0.15, -0.1) is 0 Å². The van der Waals surface area contributed by atoms with Gasteiger partial charge >= 0.3 is 12.1 Å². The summed E-state index contributed by atoms with van der Waals surface area (Å²) >= 11 is 0. The Morgan fingerprint density at radius 2 is 1.57 bits per heavy atom. The van der Waals surface area contributed by atoms with Crippen LogP contribution in [0.5, 0.6) is 0 Å². The molecule has 1 aromatic rings. The van der Waals surface area contributed by atoms with Gasteiger partial charge in [-0.1, -0.05) is 63.7 Å². The average Bonchev–Trinajstić information content (AvgIpc) is 3.26. The van der Waals surface area contributed by atoms with Gasteiger partial charge in [-0.05, 0) is 111 Å². The zero-order chi connectivity index (χ0) is 33.8. The molecule has 258 valence electrons. The van der Waals surface area contributed by atoms with Crippen LogP contribution < -0.4 is 0 Å². The number of carbonyl (C=O) groups is 1. The van der Waals surface area contributed by atoms with Crippen LogP contribution in [0, 0.1) is 41.4 Å². The van der Waals surface area contributed by atoms with Crippen molar-refractivity contribution in [3.63, 3.8) is 0 Å². The van der Waals surface area contributed by atoms with Crippen molar-refractivity contribution in [3.8, 4) is 0 Å². The van der Waals surface area contributed by atoms with Crippen molar-refractivity contribution in [1.29, 1.82) is 0 Å². The third kappa shape index (κ3) is 6.00. The van der Waals surface area contributed by atoms with E-state index < -0.39 is 45.3 Å². The number of hydrogen-bond acceptors (Lipinski definition) is 4. The number of ketones is 1. The molecule has 0 spiro atoms. The number of halogens is 5. The van der Waals surface area contributed by atoms with Crippen LogP contribution >= 0.6 is 0 Å². The van der Waals surface area contributed by atoms with E-state index in [9.17, 15) is 31.5 Å². The van der Waals surface area contributed by atoms with Crippen LogP contribution in [0.15, 0.2) is 40.8 Å². The molecule has 7 atom stereocenters. The first-order valence-electron chi connectivity index (χ1n) is 17.1. The highest BCUT2D eigenvalue weighted by Gasteiger charge is 2.79. The monoisotopic (exact) mass is 672 g/mol. The Labute approximate surface area is 270 Å². The third-order valence-corrected chi connectivity index (χ3v) is 14.5. The average molecular weight is 673 g/mol. The molecule has 4 aliphatic carbocycles. The molecule has 3 fully saturated rings. The number of allylic oxidation sites excluding steroid dienone is 1. The molecule has 0 saturated heterocycles. The summed E-state index contributed by atoms with van der Waals surface area (Å²) in [6.07, 6.45) is 3.50. The van der Waals surface area contributed by atoms with Gasteiger partial charge in [0.05, 0.1) is 10.6 Å². The van der Waals surface area contributed by atoms with E-state index in [-0.39, 0.29) is 47.5 Å². The molecule has 10 heteroatoms. The van der Waals surface area contributed by atoms with Crippen LogP contribution in [0.3, 0.4) is 0 Å². The topological polar surface area (TPSA) is 71.4 Å². The summed E-state index contributed by atoms with van der Waals surface area (Å²) in [5.41, 5.74) is -3.00. The highest BCUT2D eigenvalue weighted by molar-refractivity contribution is 7.91. The number of alkyl halides is 5. The normalized spacial score (nSPS) is 34.9. The molecule has 0 unspecified atom stereocenters. The van der Waals surface area contributed by atoms with Gasteiger partial charge < -0.3 is 5.11 Å². The summed E-state index contributed by atoms with van der Waals surface area (Å²) in [4.78, 5) is 12.8. The second kappa shape index (κ2) is 12.6. The number of aryl methyl sites for hydroxylation is 1. The van der Waals surface area contributed by atoms with E-state index in [1.807, 2.05) is 13.0 Å². The van der Waals surface area contributed by atoms with Gasteiger partial charge in [0.2, 0.25) is 0 Å². The number of sulfone groups is 1. The van der Waals surface area contributed by atoms with Crippen molar-refractivity contribution in [3.05, 3.63) is 41.5 Å². The van der Waals surface area contributed by atoms with Gasteiger partial charge in [0.25, 0.3) is 0 Å². The van der Waals surface area contributed by atoms with Crippen LogP contribution in [-0.4, -0.2) is 42.8 Å². The maximum atomic E-state index is 15.0. The SMILES string of the molecule is Cc1cccc(S(=O)(=O)CCCCCCCC[C@@H]2CC3=CC(=O)CC[C@]3(C)[C@H]3CC[C@@]4(C)[C@@H](CC[C@@]4(O)C(F)(F)C(F)(F)F)[C@H]23)c1. The predicted octanol–water partition coefficient (Wildman–Crippen LogP) is 9.19. The number of aliphatic hydroxyl groups is 1. The summed E-state index contributed by atoms with van der Waals surface area (Å²) in [6.45, 7) is 5.48. The molecule has 1 aromatic carbocycles. The van der Waals surface area contributed by atoms with Crippen LogP contribution in [0.4, 0.5) is 22.0 Å². The van der Waals surface area contributed by atoms with E-state index in [4.69, 9.17) is 0 Å². The van der Waals surface area contributed by atoms with Crippen molar-refractivity contribution in [2.24, 2.45) is 34.5 Å². The summed E-state index contributed by atoms with van der Waals surface area (Å²) in [7, 11) is -3.32. The van der Waals surface area contributed by atoms with Gasteiger partial charge in [-0.25, -0.2) is 8.42 Å². The number of rotatable bonds is 11. The predicted molar refractivity (Wildman–Crippen MR) is 167 cm³/mol. The number of fused-ring (bicyclic) bond motifs is 5. The standard InChI is InChI=1S/C36H49F5O4S/c1-24-11-10-13-28(21-24)46(44,45)20-9-7-5-4-6-8-12-25-22-26-23-27(42)14-17-32(26,2)29-15-18-33(3)30(31(25)29)16-19-34(33,43)35(37,38)36(39,40)41/h10-11,13,21,23,25,29-31,43H,4-9,12,14-20,22H2,1-3H3/t25-,29+,30+,31-,32+,33+,34+/m1/s1. The molecule has 0 radical (unpaired) electrons. The summed E-state index contributed by atoms with van der Waals surface area (Å²) in [6, 6.07) is 6.93. The molecule has 4 nitrogen and oxygen atoms in total.